The van der Waals surface area contributed by atoms with Gasteiger partial charge in [-0.3, -0.25) is 19.3 Å². The van der Waals surface area contributed by atoms with Gasteiger partial charge in [-0.25, -0.2) is 4.98 Å². The van der Waals surface area contributed by atoms with Gasteiger partial charge in [-0.2, -0.15) is 0 Å². The molecule has 3 aromatic rings. The second kappa shape index (κ2) is 6.74. The van der Waals surface area contributed by atoms with E-state index in [1.807, 2.05) is 12.1 Å². The van der Waals surface area contributed by atoms with E-state index < -0.39 is 0 Å². The first-order valence-electron chi connectivity index (χ1n) is 7.43. The minimum atomic E-state index is -0.275. The summed E-state index contributed by atoms with van der Waals surface area (Å²) in [5.41, 5.74) is 1.42. The fourth-order valence-corrected chi connectivity index (χ4v) is 2.50. The number of hydrogen-bond acceptors (Lipinski definition) is 5. The lowest BCUT2D eigenvalue weighted by molar-refractivity contribution is 0.308. The van der Waals surface area contributed by atoms with Crippen molar-refractivity contribution in [2.75, 3.05) is 6.61 Å². The van der Waals surface area contributed by atoms with E-state index in [0.717, 1.165) is 24.3 Å². The van der Waals surface area contributed by atoms with Crippen molar-refractivity contribution in [1.29, 1.82) is 0 Å². The van der Waals surface area contributed by atoms with E-state index in [0.29, 0.717) is 29.1 Å². The van der Waals surface area contributed by atoms with Gasteiger partial charge < -0.3 is 9.72 Å². The van der Waals surface area contributed by atoms with E-state index in [1.54, 1.807) is 10.8 Å². The first-order valence-corrected chi connectivity index (χ1v) is 7.84. The molecule has 0 fully saturated rings. The van der Waals surface area contributed by atoms with Gasteiger partial charge >= 0.3 is 0 Å². The molecule has 2 N–H and O–H groups in total. The number of rotatable bonds is 6. The molecule has 3 aromatic heterocycles. The smallest absolute Gasteiger partial charge is 0.277 e. The van der Waals surface area contributed by atoms with Crippen LogP contribution in [0.25, 0.3) is 11.2 Å². The van der Waals surface area contributed by atoms with Crippen molar-refractivity contribution in [1.82, 2.24) is 24.5 Å². The zero-order valence-electron chi connectivity index (χ0n) is 12.7. The maximum Gasteiger partial charge on any atom is 0.277 e. The highest BCUT2D eigenvalue weighted by molar-refractivity contribution is 7.71. The van der Waals surface area contributed by atoms with Crippen molar-refractivity contribution in [2.24, 2.45) is 0 Å². The number of pyridine rings is 1. The van der Waals surface area contributed by atoms with E-state index >= 15 is 0 Å². The summed E-state index contributed by atoms with van der Waals surface area (Å²) in [5, 5.41) is 0. The summed E-state index contributed by atoms with van der Waals surface area (Å²) in [6.45, 7) is 3.21. The monoisotopic (exact) mass is 331 g/mol. The minimum absolute atomic E-state index is 0.275. The number of ether oxygens (including phenoxy) is 1. The molecule has 120 valence electrons. The van der Waals surface area contributed by atoms with Crippen LogP contribution in [0.15, 0.2) is 29.5 Å². The minimum Gasteiger partial charge on any atom is -0.493 e. The Morgan fingerprint density at radius 3 is 3.09 bits per heavy atom. The number of aromatic amines is 2. The number of imidazole rings is 1. The van der Waals surface area contributed by atoms with Crippen molar-refractivity contribution in [3.8, 4) is 5.75 Å². The predicted octanol–water partition coefficient (Wildman–Crippen LogP) is 2.40. The van der Waals surface area contributed by atoms with Crippen molar-refractivity contribution < 1.29 is 4.74 Å². The van der Waals surface area contributed by atoms with Gasteiger partial charge in [-0.15, -0.1) is 0 Å². The van der Waals surface area contributed by atoms with Crippen molar-refractivity contribution >= 4 is 23.4 Å². The summed E-state index contributed by atoms with van der Waals surface area (Å²) in [5.74, 6) is 0.776. The van der Waals surface area contributed by atoms with Gasteiger partial charge in [0.1, 0.15) is 11.3 Å². The fraction of sp³-hybridized carbons (Fsp3) is 0.333. The number of H-pyrrole nitrogens is 2. The molecule has 0 aliphatic carbocycles. The summed E-state index contributed by atoms with van der Waals surface area (Å²) in [7, 11) is 0. The van der Waals surface area contributed by atoms with Crippen LogP contribution in [0.4, 0.5) is 0 Å². The van der Waals surface area contributed by atoms with Gasteiger partial charge in [-0.1, -0.05) is 13.3 Å². The Morgan fingerprint density at radius 2 is 2.26 bits per heavy atom. The summed E-state index contributed by atoms with van der Waals surface area (Å²) >= 11 is 5.25. The number of hydrogen-bond donors (Lipinski definition) is 2. The van der Waals surface area contributed by atoms with E-state index in [9.17, 15) is 4.79 Å². The van der Waals surface area contributed by atoms with Crippen LogP contribution in [0, 0.1) is 4.77 Å². The van der Waals surface area contributed by atoms with Gasteiger partial charge in [0.05, 0.1) is 25.2 Å². The molecule has 0 atom stereocenters. The molecule has 3 rings (SSSR count). The van der Waals surface area contributed by atoms with Crippen LogP contribution in [0.1, 0.15) is 25.5 Å². The molecule has 0 aromatic carbocycles. The van der Waals surface area contributed by atoms with Crippen LogP contribution in [0.5, 0.6) is 5.75 Å². The molecule has 0 aliphatic rings. The van der Waals surface area contributed by atoms with Crippen LogP contribution in [-0.4, -0.2) is 31.1 Å². The Balaban J connectivity index is 1.91. The third-order valence-electron chi connectivity index (χ3n) is 3.44. The molecule has 0 radical (unpaired) electrons. The van der Waals surface area contributed by atoms with Gasteiger partial charge in [0.15, 0.2) is 10.4 Å². The highest BCUT2D eigenvalue weighted by Crippen LogP contribution is 2.14. The first kappa shape index (κ1) is 15.4. The maximum absolute atomic E-state index is 11.8. The van der Waals surface area contributed by atoms with E-state index in [2.05, 4.69) is 26.9 Å². The van der Waals surface area contributed by atoms with Crippen LogP contribution in [0.2, 0.25) is 0 Å². The summed E-state index contributed by atoms with van der Waals surface area (Å²) in [6, 6.07) is 3.70. The summed E-state index contributed by atoms with van der Waals surface area (Å²) in [6.07, 6.45) is 5.27. The molecule has 0 bridgehead atoms. The molecule has 3 heterocycles. The molecule has 0 saturated heterocycles. The largest absolute Gasteiger partial charge is 0.493 e. The second-order valence-electron chi connectivity index (χ2n) is 5.13. The van der Waals surface area contributed by atoms with Crippen LogP contribution in [-0.2, 0) is 6.54 Å². The molecule has 0 unspecified atom stereocenters. The predicted molar refractivity (Wildman–Crippen MR) is 89.3 cm³/mol. The maximum atomic E-state index is 11.8. The number of fused-ring (bicyclic) bond motifs is 1. The lowest BCUT2D eigenvalue weighted by atomic mass is 10.3. The van der Waals surface area contributed by atoms with E-state index in [1.165, 1.54) is 6.33 Å². The molecule has 23 heavy (non-hydrogen) atoms. The highest BCUT2D eigenvalue weighted by atomic mass is 32.1. The van der Waals surface area contributed by atoms with Gasteiger partial charge in [0.2, 0.25) is 0 Å². The quantitative estimate of drug-likeness (QED) is 0.535. The average Bonchev–Trinajstić information content (AvgIpc) is 3.02. The zero-order chi connectivity index (χ0) is 16.2. The number of unbranched alkanes of at least 4 members (excludes halogenated alkanes) is 1. The Hall–Kier alpha value is -2.48. The average molecular weight is 331 g/mol. The molecular formula is C15H17N5O2S. The zero-order valence-corrected chi connectivity index (χ0v) is 13.5. The Labute approximate surface area is 137 Å². The highest BCUT2D eigenvalue weighted by Gasteiger charge is 2.09. The Morgan fingerprint density at radius 1 is 1.39 bits per heavy atom. The molecule has 7 nitrogen and oxygen atoms in total. The molecular weight excluding hydrogens is 314 g/mol. The lowest BCUT2D eigenvalue weighted by Gasteiger charge is -2.09. The first-order chi connectivity index (χ1) is 11.2. The second-order valence-corrected chi connectivity index (χ2v) is 5.52. The van der Waals surface area contributed by atoms with E-state index in [4.69, 9.17) is 17.0 Å². The standard InChI is InChI=1S/C15H17N5O2S/c1-2-3-6-22-11-4-5-16-10(7-11)8-20-13-12(17-9-18-13)14(21)19-15(20)23/h4-5,7,9H,2-3,6,8H2,1H3,(H,17,18)(H,19,21,23). The topological polar surface area (TPSA) is 88.6 Å². The lowest BCUT2D eigenvalue weighted by Crippen LogP contribution is -2.15. The summed E-state index contributed by atoms with van der Waals surface area (Å²) in [4.78, 5) is 25.8. The van der Waals surface area contributed by atoms with Gasteiger partial charge in [0.25, 0.3) is 5.56 Å². The van der Waals surface area contributed by atoms with Crippen molar-refractivity contribution in [3.05, 3.63) is 45.5 Å². The van der Waals surface area contributed by atoms with Crippen molar-refractivity contribution in [2.45, 2.75) is 26.3 Å². The number of nitrogens with zero attached hydrogens (tertiary/aromatic N) is 3. The van der Waals surface area contributed by atoms with Crippen LogP contribution in [0.3, 0.4) is 0 Å². The molecule has 0 saturated carbocycles. The molecule has 0 spiro atoms. The van der Waals surface area contributed by atoms with Crippen LogP contribution < -0.4 is 10.3 Å². The molecule has 0 amide bonds. The molecule has 0 aliphatic heterocycles. The third-order valence-corrected chi connectivity index (χ3v) is 3.76. The number of nitrogens with one attached hydrogen (secondary N) is 2. The normalized spacial score (nSPS) is 11.0. The van der Waals surface area contributed by atoms with Crippen LogP contribution >= 0.6 is 12.2 Å². The Bertz CT molecular complexity index is 927. The van der Waals surface area contributed by atoms with Gasteiger partial charge in [0, 0.05) is 12.3 Å². The number of aromatic nitrogens is 5. The SMILES string of the molecule is CCCCOc1ccnc(Cn2c(=S)[nH]c(=O)c3[nH]cnc32)c1. The van der Waals surface area contributed by atoms with Gasteiger partial charge in [-0.05, 0) is 24.7 Å². The Kier molecular flexibility index (Phi) is 4.52. The van der Waals surface area contributed by atoms with E-state index in [-0.39, 0.29) is 5.56 Å². The fourth-order valence-electron chi connectivity index (χ4n) is 2.26. The molecule has 8 heteroatoms. The summed E-state index contributed by atoms with van der Waals surface area (Å²) < 4.78 is 7.74. The van der Waals surface area contributed by atoms with Crippen molar-refractivity contribution in [3.63, 3.8) is 0 Å². The third kappa shape index (κ3) is 3.31.